The lowest BCUT2D eigenvalue weighted by atomic mass is 10.2. The van der Waals surface area contributed by atoms with Crippen LogP contribution in [0.5, 0.6) is 0 Å². The quantitative estimate of drug-likeness (QED) is 0.769. The van der Waals surface area contributed by atoms with Crippen LogP contribution in [-0.2, 0) is 9.84 Å². The van der Waals surface area contributed by atoms with E-state index in [1.807, 2.05) is 0 Å². The molecule has 1 rings (SSSR count). The van der Waals surface area contributed by atoms with E-state index in [9.17, 15) is 8.42 Å². The molecule has 5 heteroatoms. The zero-order valence-corrected chi connectivity index (χ0v) is 11.4. The van der Waals surface area contributed by atoms with Crippen molar-refractivity contribution in [1.82, 2.24) is 10.2 Å². The molecule has 2 atom stereocenters. The fourth-order valence-corrected chi connectivity index (χ4v) is 3.44. The van der Waals surface area contributed by atoms with Gasteiger partial charge in [-0.3, -0.25) is 0 Å². The second-order valence-electron chi connectivity index (χ2n) is 4.79. The maximum atomic E-state index is 11.4. The van der Waals surface area contributed by atoms with Gasteiger partial charge in [0.2, 0.25) is 0 Å². The maximum absolute atomic E-state index is 11.4. The van der Waals surface area contributed by atoms with Crippen LogP contribution < -0.4 is 5.32 Å². The van der Waals surface area contributed by atoms with Gasteiger partial charge in [0.25, 0.3) is 0 Å². The smallest absolute Gasteiger partial charge is 0.153 e. The summed E-state index contributed by atoms with van der Waals surface area (Å²) in [7, 11) is -0.684. The largest absolute Gasteiger partial charge is 0.312 e. The number of nitrogens with one attached hydrogen (secondary N) is 1. The van der Waals surface area contributed by atoms with Gasteiger partial charge in [-0.2, -0.15) is 0 Å². The van der Waals surface area contributed by atoms with Crippen LogP contribution in [0, 0.1) is 0 Å². The van der Waals surface area contributed by atoms with Gasteiger partial charge >= 0.3 is 0 Å². The predicted molar refractivity (Wildman–Crippen MR) is 67.4 cm³/mol. The third-order valence-electron chi connectivity index (χ3n) is 3.47. The highest BCUT2D eigenvalue weighted by atomic mass is 32.2. The predicted octanol–water partition coefficient (Wildman–Crippen LogP) is 0.493. The van der Waals surface area contributed by atoms with Gasteiger partial charge in [0, 0.05) is 18.6 Å². The molecule has 1 fully saturated rings. The topological polar surface area (TPSA) is 49.4 Å². The van der Waals surface area contributed by atoms with Gasteiger partial charge in [0.15, 0.2) is 9.84 Å². The lowest BCUT2D eigenvalue weighted by molar-refractivity contribution is 0.239. The Morgan fingerprint density at radius 1 is 1.50 bits per heavy atom. The molecule has 4 nitrogen and oxygen atoms in total. The lowest BCUT2D eigenvalue weighted by Crippen LogP contribution is -2.46. The summed E-state index contributed by atoms with van der Waals surface area (Å²) < 4.78 is 22.9. The molecule has 0 aromatic heterocycles. The van der Waals surface area contributed by atoms with E-state index in [0.717, 1.165) is 19.4 Å². The van der Waals surface area contributed by atoms with Crippen molar-refractivity contribution in [2.45, 2.75) is 38.8 Å². The van der Waals surface area contributed by atoms with Crippen LogP contribution in [0.3, 0.4) is 0 Å². The van der Waals surface area contributed by atoms with Crippen molar-refractivity contribution in [3.05, 3.63) is 0 Å². The van der Waals surface area contributed by atoms with Crippen LogP contribution in [0.2, 0.25) is 0 Å². The van der Waals surface area contributed by atoms with E-state index in [0.29, 0.717) is 24.1 Å². The molecule has 1 saturated heterocycles. The van der Waals surface area contributed by atoms with Gasteiger partial charge in [-0.15, -0.1) is 0 Å². The van der Waals surface area contributed by atoms with E-state index in [1.54, 1.807) is 0 Å². The molecule has 16 heavy (non-hydrogen) atoms. The summed E-state index contributed by atoms with van der Waals surface area (Å²) in [5.41, 5.74) is 0. The average molecular weight is 248 g/mol. The van der Waals surface area contributed by atoms with Crippen molar-refractivity contribution >= 4 is 9.84 Å². The monoisotopic (exact) mass is 248 g/mol. The Labute approximate surface area is 99.3 Å². The Morgan fingerprint density at radius 2 is 2.19 bits per heavy atom. The van der Waals surface area contributed by atoms with E-state index >= 15 is 0 Å². The normalized spacial score (nSPS) is 26.9. The number of sulfone groups is 1. The van der Waals surface area contributed by atoms with Crippen molar-refractivity contribution in [2.24, 2.45) is 0 Å². The van der Waals surface area contributed by atoms with Crippen LogP contribution in [0.15, 0.2) is 0 Å². The molecule has 0 radical (unpaired) electrons. The molecule has 0 bridgehead atoms. The highest BCUT2D eigenvalue weighted by molar-refractivity contribution is 7.91. The van der Waals surface area contributed by atoms with Gasteiger partial charge < -0.3 is 10.2 Å². The number of hydrogen-bond donors (Lipinski definition) is 1. The maximum Gasteiger partial charge on any atom is 0.153 e. The minimum Gasteiger partial charge on any atom is -0.312 e. The Morgan fingerprint density at radius 3 is 2.75 bits per heavy atom. The molecular weight excluding hydrogens is 224 g/mol. The van der Waals surface area contributed by atoms with Gasteiger partial charge in [0.05, 0.1) is 11.5 Å². The van der Waals surface area contributed by atoms with Gasteiger partial charge in [-0.1, -0.05) is 6.92 Å². The first kappa shape index (κ1) is 13.9. The average Bonchev–Trinajstić information content (AvgIpc) is 2.23. The van der Waals surface area contributed by atoms with Crippen molar-refractivity contribution in [3.8, 4) is 0 Å². The van der Waals surface area contributed by atoms with E-state index in [-0.39, 0.29) is 6.04 Å². The Kier molecular flexibility index (Phi) is 5.21. The first-order valence-electron chi connectivity index (χ1n) is 6.08. The molecule has 1 aliphatic rings. The molecule has 0 amide bonds. The van der Waals surface area contributed by atoms with E-state index in [2.05, 4.69) is 31.1 Å². The van der Waals surface area contributed by atoms with E-state index in [4.69, 9.17) is 0 Å². The standard InChI is InChI=1S/C11H24N2O2S/c1-4-10(2)13(3)7-5-11-9-16(14,15)8-6-12-11/h10-12H,4-9H2,1-3H3. The van der Waals surface area contributed by atoms with Crippen molar-refractivity contribution in [2.75, 3.05) is 31.6 Å². The molecule has 0 saturated carbocycles. The molecule has 1 aliphatic heterocycles. The molecule has 0 aromatic carbocycles. The minimum atomic E-state index is -2.79. The van der Waals surface area contributed by atoms with Crippen LogP contribution >= 0.6 is 0 Å². The summed E-state index contributed by atoms with van der Waals surface area (Å²) in [6, 6.07) is 0.713. The van der Waals surface area contributed by atoms with Crippen LogP contribution in [0.25, 0.3) is 0 Å². The first-order valence-corrected chi connectivity index (χ1v) is 7.91. The van der Waals surface area contributed by atoms with Crippen molar-refractivity contribution < 1.29 is 8.42 Å². The summed E-state index contributed by atoms with van der Waals surface area (Å²) >= 11 is 0. The molecule has 0 aromatic rings. The highest BCUT2D eigenvalue weighted by Gasteiger charge is 2.24. The third kappa shape index (κ3) is 4.39. The second-order valence-corrected chi connectivity index (χ2v) is 7.02. The Bertz CT molecular complexity index is 303. The fraction of sp³-hybridized carbons (Fsp3) is 1.00. The minimum absolute atomic E-state index is 0.144. The summed E-state index contributed by atoms with van der Waals surface area (Å²) in [6.07, 6.45) is 2.05. The molecule has 1 heterocycles. The van der Waals surface area contributed by atoms with E-state index < -0.39 is 9.84 Å². The molecule has 0 spiro atoms. The lowest BCUT2D eigenvalue weighted by Gasteiger charge is -2.28. The molecule has 96 valence electrons. The number of hydrogen-bond acceptors (Lipinski definition) is 4. The zero-order chi connectivity index (χ0) is 12.2. The molecule has 1 N–H and O–H groups in total. The number of nitrogens with zero attached hydrogens (tertiary/aromatic N) is 1. The van der Waals surface area contributed by atoms with Crippen molar-refractivity contribution in [1.29, 1.82) is 0 Å². The third-order valence-corrected chi connectivity index (χ3v) is 5.21. The van der Waals surface area contributed by atoms with Crippen LogP contribution in [-0.4, -0.2) is 57.0 Å². The summed E-state index contributed by atoms with van der Waals surface area (Å²) in [4.78, 5) is 2.29. The van der Waals surface area contributed by atoms with Gasteiger partial charge in [-0.05, 0) is 33.4 Å². The number of rotatable bonds is 5. The van der Waals surface area contributed by atoms with Gasteiger partial charge in [-0.25, -0.2) is 8.42 Å². The Hall–Kier alpha value is -0.130. The second kappa shape index (κ2) is 5.98. The van der Waals surface area contributed by atoms with Gasteiger partial charge in [0.1, 0.15) is 0 Å². The summed E-state index contributed by atoms with van der Waals surface area (Å²) in [5.74, 6) is 0.603. The van der Waals surface area contributed by atoms with Crippen LogP contribution in [0.1, 0.15) is 26.7 Å². The first-order chi connectivity index (χ1) is 7.44. The molecule has 2 unspecified atom stereocenters. The Balaban J connectivity index is 2.32. The molecular formula is C11H24N2O2S. The van der Waals surface area contributed by atoms with E-state index in [1.165, 1.54) is 0 Å². The summed E-state index contributed by atoms with van der Waals surface area (Å²) in [5, 5.41) is 3.28. The molecule has 0 aliphatic carbocycles. The van der Waals surface area contributed by atoms with Crippen molar-refractivity contribution in [3.63, 3.8) is 0 Å². The SMILES string of the molecule is CCC(C)N(C)CCC1CS(=O)(=O)CCN1. The van der Waals surface area contributed by atoms with Crippen LogP contribution in [0.4, 0.5) is 0 Å². The summed E-state index contributed by atoms with van der Waals surface area (Å²) in [6.45, 7) is 5.94. The zero-order valence-electron chi connectivity index (χ0n) is 10.6. The fourth-order valence-electron chi connectivity index (χ4n) is 1.94. The highest BCUT2D eigenvalue weighted by Crippen LogP contribution is 2.07.